The Balaban J connectivity index is 3.93. The van der Waals surface area contributed by atoms with Gasteiger partial charge in [-0.1, -0.05) is 0 Å². The van der Waals surface area contributed by atoms with Gasteiger partial charge in [0.2, 0.25) is 0 Å². The lowest BCUT2D eigenvalue weighted by Gasteiger charge is -2.23. The molecule has 2 atom stereocenters. The summed E-state index contributed by atoms with van der Waals surface area (Å²) >= 11 is 0. The fourth-order valence-corrected chi connectivity index (χ4v) is 3.48. The third kappa shape index (κ3) is 21.9. The maximum atomic E-state index is 12.3. The summed E-state index contributed by atoms with van der Waals surface area (Å²) in [6.45, 7) is 16.4. The minimum Gasteiger partial charge on any atom is -0.460 e. The lowest BCUT2D eigenvalue weighted by Crippen LogP contribution is -2.30. The largest absolute Gasteiger partial charge is 0.460 e. The lowest BCUT2D eigenvalue weighted by atomic mass is 9.97. The minimum atomic E-state index is -0.582. The first-order valence-electron chi connectivity index (χ1n) is 13.3. The maximum Gasteiger partial charge on any atom is 0.309 e. The zero-order valence-corrected chi connectivity index (χ0v) is 24.3. The predicted octanol–water partition coefficient (Wildman–Crippen LogP) is 4.47. The SMILES string of the molecule is CC(=O)C[C@H](CCCOCCOCCOCCC[C@@H](CC(C)=O)C(=O)OC(C)(C)C)C(=O)OC(C)(C)C. The van der Waals surface area contributed by atoms with Crippen molar-refractivity contribution in [3.8, 4) is 0 Å². The second-order valence-electron chi connectivity index (χ2n) is 11.4. The molecule has 0 spiro atoms. The van der Waals surface area contributed by atoms with Gasteiger partial charge in [0.25, 0.3) is 0 Å². The molecule has 37 heavy (non-hydrogen) atoms. The lowest BCUT2D eigenvalue weighted by molar-refractivity contribution is -0.162. The molecule has 0 bridgehead atoms. The number of hydrogen-bond donors (Lipinski definition) is 0. The summed E-state index contributed by atoms with van der Waals surface area (Å²) in [6.07, 6.45) is 2.71. The summed E-state index contributed by atoms with van der Waals surface area (Å²) in [5.41, 5.74) is -1.16. The second kappa shape index (κ2) is 18.4. The number of ether oxygens (including phenoxy) is 5. The molecule has 0 aliphatic heterocycles. The summed E-state index contributed by atoms with van der Waals surface area (Å²) in [7, 11) is 0. The van der Waals surface area contributed by atoms with Gasteiger partial charge >= 0.3 is 11.9 Å². The van der Waals surface area contributed by atoms with E-state index in [4.69, 9.17) is 23.7 Å². The molecule has 0 aliphatic carbocycles. The molecule has 0 aromatic carbocycles. The number of hydrogen-bond acceptors (Lipinski definition) is 9. The van der Waals surface area contributed by atoms with Gasteiger partial charge in [-0.15, -0.1) is 0 Å². The molecular formula is C28H50O9. The van der Waals surface area contributed by atoms with E-state index in [0.717, 1.165) is 0 Å². The van der Waals surface area contributed by atoms with Crippen molar-refractivity contribution in [1.29, 1.82) is 0 Å². The van der Waals surface area contributed by atoms with E-state index in [2.05, 4.69) is 0 Å². The van der Waals surface area contributed by atoms with Gasteiger partial charge in [0.15, 0.2) is 0 Å². The van der Waals surface area contributed by atoms with Crippen LogP contribution in [0.3, 0.4) is 0 Å². The van der Waals surface area contributed by atoms with Crippen LogP contribution in [-0.4, -0.2) is 74.3 Å². The van der Waals surface area contributed by atoms with E-state index in [-0.39, 0.29) is 36.3 Å². The van der Waals surface area contributed by atoms with Crippen molar-refractivity contribution in [2.75, 3.05) is 39.6 Å². The number of carbonyl (C=O) groups excluding carboxylic acids is 4. The monoisotopic (exact) mass is 530 g/mol. The highest BCUT2D eigenvalue weighted by molar-refractivity contribution is 5.83. The Labute approximate surface area is 223 Å². The molecule has 0 unspecified atom stereocenters. The van der Waals surface area contributed by atoms with Crippen molar-refractivity contribution < 1.29 is 42.9 Å². The molecule has 0 aromatic rings. The van der Waals surface area contributed by atoms with Crippen LogP contribution in [0.25, 0.3) is 0 Å². The molecular weight excluding hydrogens is 480 g/mol. The van der Waals surface area contributed by atoms with Gasteiger partial charge in [-0.3, -0.25) is 9.59 Å². The van der Waals surface area contributed by atoms with E-state index < -0.39 is 23.0 Å². The highest BCUT2D eigenvalue weighted by Gasteiger charge is 2.27. The number of rotatable bonds is 20. The van der Waals surface area contributed by atoms with Crippen LogP contribution in [-0.2, 0) is 42.9 Å². The van der Waals surface area contributed by atoms with Crippen molar-refractivity contribution in [1.82, 2.24) is 0 Å². The standard InChI is InChI=1S/C28H50O9/c1-21(29)19-23(25(31)36-27(3,4)5)11-9-13-33-15-17-35-18-16-34-14-10-12-24(20-22(2)30)26(32)37-28(6,7)8/h23-24H,9-20H2,1-8H3/t23-,24-/m0/s1. The first kappa shape index (κ1) is 35.2. The first-order valence-corrected chi connectivity index (χ1v) is 13.3. The smallest absolute Gasteiger partial charge is 0.309 e. The van der Waals surface area contributed by atoms with Crippen molar-refractivity contribution >= 4 is 23.5 Å². The van der Waals surface area contributed by atoms with Crippen LogP contribution < -0.4 is 0 Å². The van der Waals surface area contributed by atoms with E-state index >= 15 is 0 Å². The molecule has 216 valence electrons. The van der Waals surface area contributed by atoms with Gasteiger partial charge in [0.05, 0.1) is 38.3 Å². The summed E-state index contributed by atoms with van der Waals surface area (Å²) < 4.78 is 27.4. The third-order valence-electron chi connectivity index (χ3n) is 4.97. The summed E-state index contributed by atoms with van der Waals surface area (Å²) in [5.74, 6) is -1.65. The molecule has 0 heterocycles. The number of Topliss-reactive ketones (excluding diaryl/α,β-unsaturated/α-hetero) is 2. The van der Waals surface area contributed by atoms with Crippen molar-refractivity contribution in [2.45, 2.75) is 105 Å². The highest BCUT2D eigenvalue weighted by atomic mass is 16.6. The van der Waals surface area contributed by atoms with Crippen LogP contribution in [0.5, 0.6) is 0 Å². The summed E-state index contributed by atoms with van der Waals surface area (Å²) in [5, 5.41) is 0. The van der Waals surface area contributed by atoms with Gasteiger partial charge in [-0.05, 0) is 81.1 Å². The highest BCUT2D eigenvalue weighted by Crippen LogP contribution is 2.20. The molecule has 0 rings (SSSR count). The quantitative estimate of drug-likeness (QED) is 0.166. The van der Waals surface area contributed by atoms with Crippen molar-refractivity contribution in [3.05, 3.63) is 0 Å². The predicted molar refractivity (Wildman–Crippen MR) is 140 cm³/mol. The summed E-state index contributed by atoms with van der Waals surface area (Å²) in [4.78, 5) is 47.6. The normalized spacial score (nSPS) is 13.6. The zero-order valence-electron chi connectivity index (χ0n) is 24.3. The van der Waals surface area contributed by atoms with Crippen LogP contribution in [0.2, 0.25) is 0 Å². The molecule has 0 aliphatic rings. The minimum absolute atomic E-state index is 0.0358. The zero-order chi connectivity index (χ0) is 28.5. The average Bonchev–Trinajstić information content (AvgIpc) is 2.72. The molecule has 9 nitrogen and oxygen atoms in total. The van der Waals surface area contributed by atoms with Crippen LogP contribution in [0.15, 0.2) is 0 Å². The molecule has 0 saturated heterocycles. The van der Waals surface area contributed by atoms with Crippen LogP contribution in [0.1, 0.15) is 93.9 Å². The van der Waals surface area contributed by atoms with Gasteiger partial charge in [-0.2, -0.15) is 0 Å². The van der Waals surface area contributed by atoms with E-state index in [0.29, 0.717) is 65.3 Å². The Kier molecular flexibility index (Phi) is 17.5. The number of esters is 2. The van der Waals surface area contributed by atoms with E-state index in [1.54, 1.807) is 0 Å². The maximum absolute atomic E-state index is 12.3. The molecule has 0 aromatic heterocycles. The first-order chi connectivity index (χ1) is 17.1. The number of ketones is 2. The Morgan fingerprint density at radius 3 is 1.11 bits per heavy atom. The van der Waals surface area contributed by atoms with Crippen molar-refractivity contribution in [2.24, 2.45) is 11.8 Å². The molecule has 0 N–H and O–H groups in total. The Morgan fingerprint density at radius 2 is 0.838 bits per heavy atom. The molecule has 9 heteroatoms. The van der Waals surface area contributed by atoms with E-state index in [9.17, 15) is 19.2 Å². The van der Waals surface area contributed by atoms with Crippen molar-refractivity contribution in [3.63, 3.8) is 0 Å². The topological polar surface area (TPSA) is 114 Å². The van der Waals surface area contributed by atoms with Gasteiger partial charge in [0, 0.05) is 26.1 Å². The Bertz CT molecular complexity index is 631. The second-order valence-corrected chi connectivity index (χ2v) is 11.4. The average molecular weight is 531 g/mol. The van der Waals surface area contributed by atoms with Gasteiger partial charge in [-0.25, -0.2) is 0 Å². The molecule has 0 radical (unpaired) electrons. The van der Waals surface area contributed by atoms with E-state index in [1.807, 2.05) is 41.5 Å². The fourth-order valence-electron chi connectivity index (χ4n) is 3.48. The van der Waals surface area contributed by atoms with Crippen LogP contribution >= 0.6 is 0 Å². The van der Waals surface area contributed by atoms with Gasteiger partial charge in [0.1, 0.15) is 22.8 Å². The molecule has 0 fully saturated rings. The molecule has 0 saturated carbocycles. The van der Waals surface area contributed by atoms with Gasteiger partial charge < -0.3 is 33.3 Å². The number of carbonyl (C=O) groups is 4. The van der Waals surface area contributed by atoms with E-state index in [1.165, 1.54) is 13.8 Å². The Hall–Kier alpha value is -1.84. The Morgan fingerprint density at radius 1 is 0.541 bits per heavy atom. The van der Waals surface area contributed by atoms with Crippen LogP contribution in [0, 0.1) is 11.8 Å². The van der Waals surface area contributed by atoms with Crippen LogP contribution in [0.4, 0.5) is 0 Å². The molecule has 0 amide bonds. The fraction of sp³-hybridized carbons (Fsp3) is 0.857. The third-order valence-corrected chi connectivity index (χ3v) is 4.97. The summed E-state index contributed by atoms with van der Waals surface area (Å²) in [6, 6.07) is 0.